The summed E-state index contributed by atoms with van der Waals surface area (Å²) < 4.78 is 5.08. The Kier molecular flexibility index (Phi) is 6.73. The summed E-state index contributed by atoms with van der Waals surface area (Å²) in [5.74, 6) is -3.87. The number of carboxylic acid groups (broad SMARTS) is 1. The van der Waals surface area contributed by atoms with Crippen molar-refractivity contribution in [1.82, 2.24) is 30.1 Å². The minimum absolute atomic E-state index is 0.0112. The number of amides is 3. The lowest BCUT2D eigenvalue weighted by Crippen LogP contribution is -2.71. The Hall–Kier alpha value is -4.86. The molecule has 1 unspecified atom stereocenters. The molecule has 2 aliphatic rings. The fourth-order valence-electron chi connectivity index (χ4n) is 4.91. The molecular weight excluding hydrogens is 560 g/mol. The summed E-state index contributed by atoms with van der Waals surface area (Å²) in [6, 6.07) is 2.66. The van der Waals surface area contributed by atoms with Gasteiger partial charge < -0.3 is 30.5 Å². The molecule has 41 heavy (non-hydrogen) atoms. The van der Waals surface area contributed by atoms with Crippen molar-refractivity contribution in [2.45, 2.75) is 42.1 Å². The number of ether oxygens (including phenoxy) is 1. The van der Waals surface area contributed by atoms with Crippen molar-refractivity contribution < 1.29 is 34.1 Å². The van der Waals surface area contributed by atoms with Gasteiger partial charge in [0, 0.05) is 17.0 Å². The van der Waals surface area contributed by atoms with Crippen molar-refractivity contribution in [3.63, 3.8) is 0 Å². The van der Waals surface area contributed by atoms with Crippen LogP contribution in [0, 0.1) is 0 Å². The van der Waals surface area contributed by atoms with E-state index in [1.165, 1.54) is 48.0 Å². The molecule has 2 saturated heterocycles. The van der Waals surface area contributed by atoms with Crippen LogP contribution in [0.15, 0.2) is 46.1 Å². The van der Waals surface area contributed by atoms with Crippen LogP contribution >= 0.6 is 11.8 Å². The highest BCUT2D eigenvalue weighted by Crippen LogP contribution is 2.50. The number of phenols is 1. The van der Waals surface area contributed by atoms with Crippen LogP contribution in [-0.4, -0.2) is 82.7 Å². The van der Waals surface area contributed by atoms with E-state index in [-0.39, 0.29) is 22.7 Å². The second-order valence-corrected chi connectivity index (χ2v) is 11.7. The lowest BCUT2D eigenvalue weighted by Gasteiger charge is -2.44. The molecule has 15 nitrogen and oxygen atoms in total. The van der Waals surface area contributed by atoms with Crippen molar-refractivity contribution in [3.05, 3.63) is 68.4 Å². The standard InChI is InChI=1S/C25H24N6O9S/c1-25(2)18(24(38)39)30-22(37)17(23(30)41-25)28-20(35)16(10-4-5-12(32)13(8-10)40-3)27-19(34)11-9-26-14-6-7-15(33)29-31(14)21(11)36/h4-9,16-18,23,32H,1-3H3,(H,27,34)(H,28,35)(H,29,33)(H,38,39)/t16?,17-,18+,23-/m1/s1. The number of aromatic amines is 1. The van der Waals surface area contributed by atoms with Gasteiger partial charge in [0.2, 0.25) is 11.8 Å². The van der Waals surface area contributed by atoms with Crippen LogP contribution in [0.4, 0.5) is 0 Å². The normalized spacial score (nSPS) is 21.5. The summed E-state index contributed by atoms with van der Waals surface area (Å²) >= 11 is 1.23. The van der Waals surface area contributed by atoms with Crippen molar-refractivity contribution >= 4 is 41.1 Å². The number of thioether (sulfide) groups is 1. The van der Waals surface area contributed by atoms with E-state index in [2.05, 4.69) is 20.7 Å². The zero-order chi connectivity index (χ0) is 29.8. The molecule has 0 aliphatic carbocycles. The minimum atomic E-state index is -1.50. The fraction of sp³-hybridized carbons (Fsp3) is 0.320. The smallest absolute Gasteiger partial charge is 0.327 e. The van der Waals surface area contributed by atoms with Gasteiger partial charge in [0.05, 0.1) is 7.11 Å². The first-order valence-electron chi connectivity index (χ1n) is 12.2. The van der Waals surface area contributed by atoms with E-state index in [1.807, 2.05) is 0 Å². The highest BCUT2D eigenvalue weighted by Gasteiger charge is 2.64. The van der Waals surface area contributed by atoms with Crippen LogP contribution in [-0.2, 0) is 14.4 Å². The Bertz CT molecular complexity index is 1730. The van der Waals surface area contributed by atoms with Crippen molar-refractivity contribution in [2.24, 2.45) is 0 Å². The Morgan fingerprint density at radius 2 is 1.90 bits per heavy atom. The van der Waals surface area contributed by atoms with Crippen molar-refractivity contribution in [2.75, 3.05) is 7.11 Å². The number of nitrogens with zero attached hydrogens (tertiary/aromatic N) is 3. The maximum atomic E-state index is 13.6. The maximum absolute atomic E-state index is 13.6. The van der Waals surface area contributed by atoms with Gasteiger partial charge in [-0.25, -0.2) is 9.78 Å². The number of hydrogen-bond donors (Lipinski definition) is 5. The molecule has 0 saturated carbocycles. The minimum Gasteiger partial charge on any atom is -0.504 e. The third kappa shape index (κ3) is 4.65. The molecule has 5 rings (SSSR count). The number of aromatic hydroxyl groups is 1. The number of hydrogen-bond acceptors (Lipinski definition) is 10. The van der Waals surface area contributed by atoms with E-state index in [4.69, 9.17) is 4.74 Å². The summed E-state index contributed by atoms with van der Waals surface area (Å²) in [4.78, 5) is 81.4. The van der Waals surface area contributed by atoms with Crippen LogP contribution < -0.4 is 26.5 Å². The monoisotopic (exact) mass is 584 g/mol. The number of H-pyrrole nitrogens is 1. The summed E-state index contributed by atoms with van der Waals surface area (Å²) in [6.45, 7) is 3.38. The van der Waals surface area contributed by atoms with Crippen LogP contribution in [0.3, 0.4) is 0 Å². The average Bonchev–Trinajstić information content (AvgIpc) is 3.18. The Morgan fingerprint density at radius 3 is 2.59 bits per heavy atom. The second-order valence-electron chi connectivity index (χ2n) is 9.90. The number of aliphatic carboxylic acids is 1. The summed E-state index contributed by atoms with van der Waals surface area (Å²) in [5, 5.41) is 26.3. The van der Waals surface area contributed by atoms with Gasteiger partial charge in [-0.05, 0) is 37.6 Å². The Morgan fingerprint density at radius 1 is 1.17 bits per heavy atom. The second kappa shape index (κ2) is 9.96. The molecule has 3 amide bonds. The van der Waals surface area contributed by atoms with Gasteiger partial charge in [0.1, 0.15) is 29.1 Å². The number of aromatic nitrogens is 3. The molecular formula is C25H24N6O9S. The predicted octanol–water partition coefficient (Wildman–Crippen LogP) is -0.800. The molecule has 214 valence electrons. The molecule has 3 aromatic rings. The molecule has 4 heterocycles. The Balaban J connectivity index is 1.46. The third-order valence-corrected chi connectivity index (χ3v) is 8.46. The van der Waals surface area contributed by atoms with Crippen LogP contribution in [0.5, 0.6) is 11.5 Å². The molecule has 2 aromatic heterocycles. The number of methoxy groups -OCH3 is 1. The molecule has 1 aromatic carbocycles. The molecule has 0 radical (unpaired) electrons. The summed E-state index contributed by atoms with van der Waals surface area (Å²) in [6.07, 6.45) is 0.994. The van der Waals surface area contributed by atoms with E-state index < -0.39 is 68.6 Å². The van der Waals surface area contributed by atoms with Crippen molar-refractivity contribution in [1.29, 1.82) is 0 Å². The number of carbonyl (C=O) groups excluding carboxylic acids is 3. The number of carboxylic acids is 1. The van der Waals surface area contributed by atoms with Gasteiger partial charge in [-0.15, -0.1) is 11.8 Å². The zero-order valence-corrected chi connectivity index (χ0v) is 22.6. The van der Waals surface area contributed by atoms with Crippen molar-refractivity contribution in [3.8, 4) is 11.5 Å². The van der Waals surface area contributed by atoms with Gasteiger partial charge >= 0.3 is 5.97 Å². The molecule has 0 spiro atoms. The predicted molar refractivity (Wildman–Crippen MR) is 143 cm³/mol. The van der Waals surface area contributed by atoms with E-state index in [1.54, 1.807) is 13.8 Å². The lowest BCUT2D eigenvalue weighted by atomic mass is 9.95. The van der Waals surface area contributed by atoms with E-state index in [9.17, 15) is 39.0 Å². The van der Waals surface area contributed by atoms with Gasteiger partial charge in [0.25, 0.3) is 17.0 Å². The lowest BCUT2D eigenvalue weighted by molar-refractivity contribution is -0.161. The number of nitrogens with one attached hydrogen (secondary N) is 3. The summed E-state index contributed by atoms with van der Waals surface area (Å²) in [5.41, 5.74) is -1.78. The van der Waals surface area contributed by atoms with E-state index >= 15 is 0 Å². The number of benzene rings is 1. The average molecular weight is 585 g/mol. The van der Waals surface area contributed by atoms with Crippen LogP contribution in [0.25, 0.3) is 5.65 Å². The van der Waals surface area contributed by atoms with Crippen LogP contribution in [0.2, 0.25) is 0 Å². The van der Waals surface area contributed by atoms with Crippen LogP contribution in [0.1, 0.15) is 35.8 Å². The highest BCUT2D eigenvalue weighted by molar-refractivity contribution is 8.01. The zero-order valence-electron chi connectivity index (χ0n) is 21.8. The van der Waals surface area contributed by atoms with Gasteiger partial charge in [-0.3, -0.25) is 29.1 Å². The number of fused-ring (bicyclic) bond motifs is 2. The first kappa shape index (κ1) is 27.7. The molecule has 0 bridgehead atoms. The van der Waals surface area contributed by atoms with Gasteiger partial charge in [-0.1, -0.05) is 6.07 Å². The number of β-lactam (4-membered cyclic amide) rings is 1. The number of rotatable bonds is 7. The molecule has 2 fully saturated rings. The quantitative estimate of drug-likeness (QED) is 0.217. The van der Waals surface area contributed by atoms with Gasteiger partial charge in [0.15, 0.2) is 17.1 Å². The van der Waals surface area contributed by atoms with E-state index in [0.29, 0.717) is 0 Å². The fourth-order valence-corrected chi connectivity index (χ4v) is 6.54. The number of phenolic OH excluding ortho intramolecular Hbond substituents is 1. The number of carbonyl (C=O) groups is 4. The SMILES string of the molecule is COc1cc(C(NC(=O)c2cnc3ccc(=O)[nH]n3c2=O)C(=O)N[C@@H]2C(=O)N3[C@@H]2SC(C)(C)[C@@H]3C(=O)O)ccc1O. The maximum Gasteiger partial charge on any atom is 0.327 e. The third-order valence-electron chi connectivity index (χ3n) is 6.89. The molecule has 2 aliphatic heterocycles. The molecule has 4 atom stereocenters. The highest BCUT2D eigenvalue weighted by atomic mass is 32.2. The largest absolute Gasteiger partial charge is 0.504 e. The first-order chi connectivity index (χ1) is 19.3. The molecule has 5 N–H and O–H groups in total. The van der Waals surface area contributed by atoms with Gasteiger partial charge in [-0.2, -0.15) is 4.52 Å². The summed E-state index contributed by atoms with van der Waals surface area (Å²) in [7, 11) is 1.29. The van der Waals surface area contributed by atoms with E-state index in [0.717, 1.165) is 16.8 Å². The Labute approximate surface area is 234 Å². The molecule has 16 heteroatoms. The topological polar surface area (TPSA) is 212 Å². The first-order valence-corrected chi connectivity index (χ1v) is 13.0.